The predicted octanol–water partition coefficient (Wildman–Crippen LogP) is 3.23. The molecule has 19 heavy (non-hydrogen) atoms. The van der Waals surface area contributed by atoms with Gasteiger partial charge in [0.15, 0.2) is 6.29 Å². The fourth-order valence-electron chi connectivity index (χ4n) is 2.01. The van der Waals surface area contributed by atoms with Crippen LogP contribution in [0.4, 0.5) is 5.69 Å². The second-order valence-corrected chi connectivity index (χ2v) is 4.64. The van der Waals surface area contributed by atoms with Crippen molar-refractivity contribution in [3.05, 3.63) is 35.0 Å². The van der Waals surface area contributed by atoms with E-state index in [2.05, 4.69) is 10.3 Å². The van der Waals surface area contributed by atoms with E-state index in [9.17, 15) is 0 Å². The van der Waals surface area contributed by atoms with Crippen molar-refractivity contribution in [3.63, 3.8) is 0 Å². The Morgan fingerprint density at radius 2 is 2.11 bits per heavy atom. The largest absolute Gasteiger partial charge is 0.378 e. The van der Waals surface area contributed by atoms with Crippen molar-refractivity contribution in [2.45, 2.75) is 13.2 Å². The number of halogens is 1. The van der Waals surface area contributed by atoms with Gasteiger partial charge in [-0.15, -0.1) is 0 Å². The van der Waals surface area contributed by atoms with Crippen LogP contribution in [0.1, 0.15) is 5.56 Å². The number of anilines is 1. The number of rotatable bonds is 5. The van der Waals surface area contributed by atoms with Crippen molar-refractivity contribution >= 4 is 28.2 Å². The van der Waals surface area contributed by atoms with Crippen molar-refractivity contribution in [2.75, 3.05) is 26.1 Å². The molecule has 0 aliphatic heterocycles. The van der Waals surface area contributed by atoms with Gasteiger partial charge in [-0.1, -0.05) is 11.6 Å². The number of nitrogens with zero attached hydrogens (tertiary/aromatic N) is 1. The topological polar surface area (TPSA) is 43.4 Å². The SMILES string of the molecule is COC(CNc1c(Cl)cc(C)c2ncccc12)OC. The summed E-state index contributed by atoms with van der Waals surface area (Å²) in [4.78, 5) is 4.39. The van der Waals surface area contributed by atoms with Crippen LogP contribution in [0.3, 0.4) is 0 Å². The lowest BCUT2D eigenvalue weighted by Crippen LogP contribution is -2.23. The minimum absolute atomic E-state index is 0.316. The Balaban J connectivity index is 2.37. The highest BCUT2D eigenvalue weighted by Gasteiger charge is 2.11. The predicted molar refractivity (Wildman–Crippen MR) is 77.8 cm³/mol. The van der Waals surface area contributed by atoms with E-state index in [0.717, 1.165) is 22.2 Å². The number of pyridine rings is 1. The van der Waals surface area contributed by atoms with Crippen LogP contribution in [0.5, 0.6) is 0 Å². The third-order valence-electron chi connectivity index (χ3n) is 3.00. The van der Waals surface area contributed by atoms with E-state index < -0.39 is 0 Å². The Morgan fingerprint density at radius 3 is 2.79 bits per heavy atom. The van der Waals surface area contributed by atoms with Crippen LogP contribution in [0, 0.1) is 6.92 Å². The molecule has 0 atom stereocenters. The van der Waals surface area contributed by atoms with Crippen LogP contribution < -0.4 is 5.32 Å². The van der Waals surface area contributed by atoms with E-state index in [1.807, 2.05) is 25.1 Å². The summed E-state index contributed by atoms with van der Waals surface area (Å²) in [5, 5.41) is 4.93. The first-order valence-corrected chi connectivity index (χ1v) is 6.38. The van der Waals surface area contributed by atoms with E-state index in [0.29, 0.717) is 11.6 Å². The lowest BCUT2D eigenvalue weighted by Gasteiger charge is -2.17. The fraction of sp³-hybridized carbons (Fsp3) is 0.357. The molecule has 2 rings (SSSR count). The Hall–Kier alpha value is -1.36. The van der Waals surface area contributed by atoms with E-state index in [1.54, 1.807) is 20.4 Å². The molecule has 0 radical (unpaired) electrons. The summed E-state index contributed by atoms with van der Waals surface area (Å²) >= 11 is 6.31. The molecular weight excluding hydrogens is 264 g/mol. The molecule has 0 unspecified atom stereocenters. The van der Waals surface area contributed by atoms with Crippen LogP contribution >= 0.6 is 11.6 Å². The normalized spacial score (nSPS) is 11.2. The van der Waals surface area contributed by atoms with Crippen molar-refractivity contribution in [2.24, 2.45) is 0 Å². The Morgan fingerprint density at radius 1 is 1.37 bits per heavy atom. The van der Waals surface area contributed by atoms with Gasteiger partial charge in [-0.25, -0.2) is 0 Å². The first-order valence-electron chi connectivity index (χ1n) is 6.00. The standard InChI is InChI=1S/C14H17ClN2O2/c1-9-7-11(15)14(17-8-12(18-2)19-3)10-5-4-6-16-13(9)10/h4-7,12,17H,8H2,1-3H3. The van der Waals surface area contributed by atoms with Gasteiger partial charge >= 0.3 is 0 Å². The minimum Gasteiger partial charge on any atom is -0.378 e. The average molecular weight is 281 g/mol. The van der Waals surface area contributed by atoms with Crippen LogP contribution in [-0.2, 0) is 9.47 Å². The lowest BCUT2D eigenvalue weighted by molar-refractivity contribution is -0.0913. The molecule has 5 heteroatoms. The van der Waals surface area contributed by atoms with Gasteiger partial charge < -0.3 is 14.8 Å². The number of hydrogen-bond donors (Lipinski definition) is 1. The van der Waals surface area contributed by atoms with Crippen LogP contribution in [0.15, 0.2) is 24.4 Å². The maximum atomic E-state index is 6.31. The molecule has 0 aliphatic carbocycles. The average Bonchev–Trinajstić information content (AvgIpc) is 2.43. The molecule has 1 N–H and O–H groups in total. The van der Waals surface area contributed by atoms with E-state index in [-0.39, 0.29) is 6.29 Å². The Labute approximate surface area is 117 Å². The lowest BCUT2D eigenvalue weighted by atomic mass is 10.1. The number of ether oxygens (including phenoxy) is 2. The summed E-state index contributed by atoms with van der Waals surface area (Å²) < 4.78 is 10.3. The molecule has 0 amide bonds. The van der Waals surface area contributed by atoms with Crippen molar-refractivity contribution in [1.82, 2.24) is 4.98 Å². The third-order valence-corrected chi connectivity index (χ3v) is 3.30. The van der Waals surface area contributed by atoms with Crippen molar-refractivity contribution in [3.8, 4) is 0 Å². The second-order valence-electron chi connectivity index (χ2n) is 4.23. The van der Waals surface area contributed by atoms with Gasteiger partial charge in [0, 0.05) is 25.8 Å². The van der Waals surface area contributed by atoms with E-state index in [4.69, 9.17) is 21.1 Å². The Kier molecular flexibility index (Phi) is 4.58. The van der Waals surface area contributed by atoms with Gasteiger partial charge in [-0.3, -0.25) is 4.98 Å². The maximum Gasteiger partial charge on any atom is 0.173 e. The number of methoxy groups -OCH3 is 2. The minimum atomic E-state index is -0.316. The van der Waals surface area contributed by atoms with Gasteiger partial charge in [0.2, 0.25) is 0 Å². The van der Waals surface area contributed by atoms with E-state index in [1.165, 1.54) is 0 Å². The number of aryl methyl sites for hydroxylation is 1. The molecule has 0 bridgehead atoms. The number of hydrogen-bond acceptors (Lipinski definition) is 4. The maximum absolute atomic E-state index is 6.31. The van der Waals surface area contributed by atoms with Gasteiger partial charge in [-0.2, -0.15) is 0 Å². The summed E-state index contributed by atoms with van der Waals surface area (Å²) in [6, 6.07) is 5.80. The monoisotopic (exact) mass is 280 g/mol. The molecule has 2 aromatic rings. The molecule has 1 heterocycles. The second kappa shape index (κ2) is 6.19. The molecule has 0 saturated heterocycles. The molecule has 0 spiro atoms. The Bertz CT molecular complexity index is 571. The highest BCUT2D eigenvalue weighted by atomic mass is 35.5. The molecule has 0 aliphatic rings. The van der Waals surface area contributed by atoms with Crippen LogP contribution in [0.25, 0.3) is 10.9 Å². The van der Waals surface area contributed by atoms with Gasteiger partial charge in [0.05, 0.1) is 22.8 Å². The van der Waals surface area contributed by atoms with E-state index >= 15 is 0 Å². The zero-order valence-corrected chi connectivity index (χ0v) is 12.0. The smallest absolute Gasteiger partial charge is 0.173 e. The number of benzene rings is 1. The molecule has 1 aromatic carbocycles. The molecule has 1 aromatic heterocycles. The summed E-state index contributed by atoms with van der Waals surface area (Å²) in [7, 11) is 3.21. The molecule has 0 fully saturated rings. The van der Waals surface area contributed by atoms with Crippen LogP contribution in [0.2, 0.25) is 5.02 Å². The zero-order valence-electron chi connectivity index (χ0n) is 11.2. The number of fused-ring (bicyclic) bond motifs is 1. The van der Waals surface area contributed by atoms with Gasteiger partial charge in [0.1, 0.15) is 0 Å². The highest BCUT2D eigenvalue weighted by molar-refractivity contribution is 6.35. The molecule has 4 nitrogen and oxygen atoms in total. The first-order chi connectivity index (χ1) is 9.17. The quantitative estimate of drug-likeness (QED) is 0.854. The summed E-state index contributed by atoms with van der Waals surface area (Å²) in [5.41, 5.74) is 2.86. The van der Waals surface area contributed by atoms with Crippen molar-refractivity contribution < 1.29 is 9.47 Å². The summed E-state index contributed by atoms with van der Waals surface area (Å²) in [6.07, 6.45) is 1.46. The first kappa shape index (κ1) is 14.1. The molecule has 102 valence electrons. The molecule has 0 saturated carbocycles. The molecular formula is C14H17ClN2O2. The van der Waals surface area contributed by atoms with Gasteiger partial charge in [0.25, 0.3) is 0 Å². The fourth-order valence-corrected chi connectivity index (χ4v) is 2.34. The number of aromatic nitrogens is 1. The van der Waals surface area contributed by atoms with Crippen molar-refractivity contribution in [1.29, 1.82) is 0 Å². The van der Waals surface area contributed by atoms with Crippen LogP contribution in [-0.4, -0.2) is 32.0 Å². The third kappa shape index (κ3) is 2.97. The summed E-state index contributed by atoms with van der Waals surface area (Å²) in [6.45, 7) is 2.51. The number of nitrogens with one attached hydrogen (secondary N) is 1. The summed E-state index contributed by atoms with van der Waals surface area (Å²) in [5.74, 6) is 0. The zero-order chi connectivity index (χ0) is 13.8. The van der Waals surface area contributed by atoms with Gasteiger partial charge in [-0.05, 0) is 30.7 Å². The highest BCUT2D eigenvalue weighted by Crippen LogP contribution is 2.32.